The summed E-state index contributed by atoms with van der Waals surface area (Å²) in [6.45, 7) is 1.36. The van der Waals surface area contributed by atoms with Crippen molar-refractivity contribution in [3.05, 3.63) is 60.1 Å². The monoisotopic (exact) mass is 372 g/mol. The number of nitrogens with zero attached hydrogens (tertiary/aromatic N) is 1. The Bertz CT molecular complexity index is 742. The molecular formula is C21H25FN2O3. The molecule has 6 heteroatoms. The third kappa shape index (κ3) is 4.50. The van der Waals surface area contributed by atoms with Gasteiger partial charge in [-0.2, -0.15) is 0 Å². The lowest BCUT2D eigenvalue weighted by atomic mass is 9.93. The summed E-state index contributed by atoms with van der Waals surface area (Å²) in [6, 6.07) is 11.9. The molecule has 2 heterocycles. The largest absolute Gasteiger partial charge is 0.472 e. The zero-order chi connectivity index (χ0) is 18.7. The van der Waals surface area contributed by atoms with E-state index in [4.69, 9.17) is 9.15 Å². The highest BCUT2D eigenvalue weighted by Gasteiger charge is 2.42. The molecule has 27 heavy (non-hydrogen) atoms. The number of hydrogen-bond acceptors (Lipinski definition) is 4. The fraction of sp³-hybridized carbons (Fsp3) is 0.476. The minimum atomic E-state index is -1.26. The molecule has 2 aliphatic rings. The van der Waals surface area contributed by atoms with Gasteiger partial charge in [-0.1, -0.05) is 30.3 Å². The summed E-state index contributed by atoms with van der Waals surface area (Å²) in [5.41, 5.74) is 0.861. The third-order valence-corrected chi connectivity index (χ3v) is 5.57. The van der Waals surface area contributed by atoms with Crippen molar-refractivity contribution in [2.75, 3.05) is 19.6 Å². The second-order valence-electron chi connectivity index (χ2n) is 7.56. The van der Waals surface area contributed by atoms with Gasteiger partial charge in [-0.3, -0.25) is 0 Å². The number of benzene rings is 1. The fourth-order valence-corrected chi connectivity index (χ4v) is 3.67. The van der Waals surface area contributed by atoms with Crippen molar-refractivity contribution < 1.29 is 18.3 Å². The molecule has 2 fully saturated rings. The molecule has 1 aromatic heterocycles. The summed E-state index contributed by atoms with van der Waals surface area (Å²) in [6.07, 6.45) is 4.77. The van der Waals surface area contributed by atoms with Crippen molar-refractivity contribution in [2.45, 2.75) is 43.5 Å². The van der Waals surface area contributed by atoms with Crippen LogP contribution < -0.4 is 5.32 Å². The van der Waals surface area contributed by atoms with E-state index < -0.39 is 5.67 Å². The van der Waals surface area contributed by atoms with E-state index in [1.165, 1.54) is 5.56 Å². The van der Waals surface area contributed by atoms with Gasteiger partial charge >= 0.3 is 6.09 Å². The molecule has 1 amide bonds. The average Bonchev–Trinajstić information content (AvgIpc) is 3.27. The van der Waals surface area contributed by atoms with Gasteiger partial charge in [-0.25, -0.2) is 9.18 Å². The number of halogens is 1. The Balaban J connectivity index is 1.18. The van der Waals surface area contributed by atoms with Crippen LogP contribution in [-0.2, 0) is 11.3 Å². The molecule has 2 atom stereocenters. The molecule has 5 nitrogen and oxygen atoms in total. The van der Waals surface area contributed by atoms with E-state index in [-0.39, 0.29) is 12.7 Å². The van der Waals surface area contributed by atoms with Crippen LogP contribution in [0.1, 0.15) is 36.3 Å². The van der Waals surface area contributed by atoms with Gasteiger partial charge in [-0.05, 0) is 23.6 Å². The van der Waals surface area contributed by atoms with Gasteiger partial charge in [0.15, 0.2) is 0 Å². The van der Waals surface area contributed by atoms with Crippen LogP contribution in [0.25, 0.3) is 0 Å². The first kappa shape index (κ1) is 18.0. The van der Waals surface area contributed by atoms with Crippen LogP contribution >= 0.6 is 0 Å². The van der Waals surface area contributed by atoms with Crippen molar-refractivity contribution in [3.63, 3.8) is 0 Å². The molecule has 1 saturated heterocycles. The van der Waals surface area contributed by atoms with Gasteiger partial charge in [0, 0.05) is 44.4 Å². The first-order valence-corrected chi connectivity index (χ1v) is 9.53. The maximum atomic E-state index is 15.1. The third-order valence-electron chi connectivity index (χ3n) is 5.57. The van der Waals surface area contributed by atoms with Crippen LogP contribution in [0.5, 0.6) is 0 Å². The highest BCUT2D eigenvalue weighted by molar-refractivity contribution is 5.67. The lowest BCUT2D eigenvalue weighted by Crippen LogP contribution is -2.49. The molecule has 1 saturated carbocycles. The molecular weight excluding hydrogens is 347 g/mol. The summed E-state index contributed by atoms with van der Waals surface area (Å²) in [5.74, 6) is 0.431. The van der Waals surface area contributed by atoms with E-state index in [2.05, 4.69) is 5.32 Å². The predicted octanol–water partition coefficient (Wildman–Crippen LogP) is 3.87. The Hall–Kier alpha value is -2.34. The number of alkyl halides is 1. The van der Waals surface area contributed by atoms with Gasteiger partial charge in [0.2, 0.25) is 0 Å². The van der Waals surface area contributed by atoms with Gasteiger partial charge in [-0.15, -0.1) is 0 Å². The van der Waals surface area contributed by atoms with Crippen molar-refractivity contribution in [3.8, 4) is 0 Å². The van der Waals surface area contributed by atoms with Crippen LogP contribution in [0.4, 0.5) is 9.18 Å². The number of carbonyl (C=O) groups excluding carboxylic acids is 1. The summed E-state index contributed by atoms with van der Waals surface area (Å²) in [5, 5.41) is 3.34. The lowest BCUT2D eigenvalue weighted by molar-refractivity contribution is 0.0408. The molecule has 144 valence electrons. The Labute approximate surface area is 158 Å². The van der Waals surface area contributed by atoms with Gasteiger partial charge in [0.05, 0.1) is 12.5 Å². The zero-order valence-corrected chi connectivity index (χ0v) is 15.3. The Morgan fingerprint density at radius 3 is 2.74 bits per heavy atom. The molecule has 0 radical (unpaired) electrons. The molecule has 1 aliphatic heterocycles. The first-order chi connectivity index (χ1) is 13.1. The van der Waals surface area contributed by atoms with Crippen LogP contribution in [-0.4, -0.2) is 42.3 Å². The van der Waals surface area contributed by atoms with Crippen LogP contribution in [0, 0.1) is 0 Å². The van der Waals surface area contributed by atoms with Crippen molar-refractivity contribution >= 4 is 6.09 Å². The quantitative estimate of drug-likeness (QED) is 0.836. The number of piperidine rings is 1. The second-order valence-corrected chi connectivity index (χ2v) is 7.56. The molecule has 1 N–H and O–H groups in total. The number of likely N-dealkylation sites (tertiary alicyclic amines) is 1. The Morgan fingerprint density at radius 1 is 1.26 bits per heavy atom. The SMILES string of the molecule is O=C(OCc1ccccc1)N1CCC(F)(CN[C@@H]2C[C@H]2c2ccoc2)CC1. The second kappa shape index (κ2) is 7.72. The highest BCUT2D eigenvalue weighted by Crippen LogP contribution is 2.41. The summed E-state index contributed by atoms with van der Waals surface area (Å²) in [7, 11) is 0. The Kier molecular flexibility index (Phi) is 5.16. The number of amides is 1. The molecule has 4 rings (SSSR count). The summed E-state index contributed by atoms with van der Waals surface area (Å²) < 4.78 is 25.5. The lowest BCUT2D eigenvalue weighted by Gasteiger charge is -2.36. The molecule has 1 aliphatic carbocycles. The number of carbonyl (C=O) groups is 1. The molecule has 0 bridgehead atoms. The van der Waals surface area contributed by atoms with Crippen molar-refractivity contribution in [1.29, 1.82) is 0 Å². The van der Waals surface area contributed by atoms with Crippen molar-refractivity contribution in [1.82, 2.24) is 10.2 Å². The number of nitrogens with one attached hydrogen (secondary N) is 1. The smallest absolute Gasteiger partial charge is 0.410 e. The molecule has 1 aromatic carbocycles. The van der Waals surface area contributed by atoms with Crippen LogP contribution in [0.3, 0.4) is 0 Å². The average molecular weight is 372 g/mol. The van der Waals surface area contributed by atoms with E-state index in [0.29, 0.717) is 44.4 Å². The molecule has 2 aromatic rings. The van der Waals surface area contributed by atoms with Gasteiger partial charge < -0.3 is 19.4 Å². The number of ether oxygens (including phenoxy) is 1. The number of furan rings is 1. The van der Waals surface area contributed by atoms with Gasteiger partial charge in [0.1, 0.15) is 12.3 Å². The normalized spacial score (nSPS) is 23.8. The predicted molar refractivity (Wildman–Crippen MR) is 99.1 cm³/mol. The zero-order valence-electron chi connectivity index (χ0n) is 15.3. The van der Waals surface area contributed by atoms with E-state index >= 15 is 4.39 Å². The molecule has 0 spiro atoms. The van der Waals surface area contributed by atoms with Crippen molar-refractivity contribution in [2.24, 2.45) is 0 Å². The summed E-state index contributed by atoms with van der Waals surface area (Å²) >= 11 is 0. The standard InChI is InChI=1S/C21H25FN2O3/c22-21(15-23-19-12-18(19)17-6-11-26-14-17)7-9-24(10-8-21)20(25)27-13-16-4-2-1-3-5-16/h1-6,11,14,18-19,23H,7-10,12-13,15H2/t18-,19+/m0/s1. The molecule has 0 unspecified atom stereocenters. The number of rotatable bonds is 6. The topological polar surface area (TPSA) is 54.7 Å². The Morgan fingerprint density at radius 2 is 2.04 bits per heavy atom. The minimum absolute atomic E-state index is 0.246. The van der Waals surface area contributed by atoms with Gasteiger partial charge in [0.25, 0.3) is 0 Å². The highest BCUT2D eigenvalue weighted by atomic mass is 19.1. The fourth-order valence-electron chi connectivity index (χ4n) is 3.67. The maximum Gasteiger partial charge on any atom is 0.410 e. The van der Waals surface area contributed by atoms with E-state index in [1.807, 2.05) is 36.4 Å². The minimum Gasteiger partial charge on any atom is -0.472 e. The van der Waals surface area contributed by atoms with E-state index in [1.54, 1.807) is 17.4 Å². The number of hydrogen-bond donors (Lipinski definition) is 1. The first-order valence-electron chi connectivity index (χ1n) is 9.53. The van der Waals surface area contributed by atoms with E-state index in [0.717, 1.165) is 12.0 Å². The summed E-state index contributed by atoms with van der Waals surface area (Å²) in [4.78, 5) is 13.8. The van der Waals surface area contributed by atoms with Crippen LogP contribution in [0.15, 0.2) is 53.3 Å². The van der Waals surface area contributed by atoms with Crippen LogP contribution in [0.2, 0.25) is 0 Å². The maximum absolute atomic E-state index is 15.1. The van der Waals surface area contributed by atoms with E-state index in [9.17, 15) is 4.79 Å².